The van der Waals surface area contributed by atoms with Crippen LogP contribution in [-0.4, -0.2) is 17.0 Å². The molecule has 28 heavy (non-hydrogen) atoms. The molecule has 2 N–H and O–H groups in total. The molecule has 0 saturated heterocycles. The zero-order valence-electron chi connectivity index (χ0n) is 14.5. The third kappa shape index (κ3) is 4.75. The fraction of sp³-hybridized carbons (Fsp3) is 0.0476. The van der Waals surface area contributed by atoms with Crippen molar-refractivity contribution in [3.05, 3.63) is 93.7 Å². The van der Waals surface area contributed by atoms with E-state index in [1.165, 1.54) is 24.3 Å². The standard InChI is InChI=1S/C21H15BrFNO4/c22-18-9-3-8-17(21(26)27)19(18)24-20(25)14-5-2-7-16(11-14)28-12-13-4-1-6-15(23)10-13/h1-11H,12H2,(H,24,25)(H,26,27). The summed E-state index contributed by atoms with van der Waals surface area (Å²) >= 11 is 3.25. The van der Waals surface area contributed by atoms with Gasteiger partial charge in [-0.25, -0.2) is 9.18 Å². The Morgan fingerprint density at radius 3 is 2.54 bits per heavy atom. The van der Waals surface area contributed by atoms with Crippen LogP contribution in [-0.2, 0) is 6.61 Å². The number of aromatic carboxylic acids is 1. The SMILES string of the molecule is O=C(Nc1c(Br)cccc1C(=O)O)c1cccc(OCc2cccc(F)c2)c1. The van der Waals surface area contributed by atoms with E-state index in [0.717, 1.165) is 0 Å². The molecule has 0 heterocycles. The van der Waals surface area contributed by atoms with Crippen LogP contribution in [0.1, 0.15) is 26.3 Å². The Balaban J connectivity index is 1.75. The molecule has 0 aliphatic carbocycles. The summed E-state index contributed by atoms with van der Waals surface area (Å²) in [7, 11) is 0. The molecule has 3 aromatic carbocycles. The number of hydrogen-bond donors (Lipinski definition) is 2. The van der Waals surface area contributed by atoms with Gasteiger partial charge in [-0.3, -0.25) is 4.79 Å². The van der Waals surface area contributed by atoms with Gasteiger partial charge in [-0.15, -0.1) is 0 Å². The lowest BCUT2D eigenvalue weighted by atomic mass is 10.1. The van der Waals surface area contributed by atoms with Gasteiger partial charge in [-0.2, -0.15) is 0 Å². The molecule has 0 aliphatic heterocycles. The first-order valence-corrected chi connectivity index (χ1v) is 9.04. The summed E-state index contributed by atoms with van der Waals surface area (Å²) in [5.41, 5.74) is 1.10. The van der Waals surface area contributed by atoms with Crippen molar-refractivity contribution in [2.24, 2.45) is 0 Å². The molecule has 0 atom stereocenters. The molecule has 0 aromatic heterocycles. The lowest BCUT2D eigenvalue weighted by Crippen LogP contribution is -2.15. The van der Waals surface area contributed by atoms with Crippen LogP contribution >= 0.6 is 15.9 Å². The summed E-state index contributed by atoms with van der Waals surface area (Å²) in [5, 5.41) is 11.9. The van der Waals surface area contributed by atoms with Crippen molar-refractivity contribution in [1.82, 2.24) is 0 Å². The monoisotopic (exact) mass is 443 g/mol. The molecular formula is C21H15BrFNO4. The molecular weight excluding hydrogens is 429 g/mol. The first kappa shape index (κ1) is 19.6. The topological polar surface area (TPSA) is 75.6 Å². The maximum Gasteiger partial charge on any atom is 0.337 e. The van der Waals surface area contributed by atoms with E-state index in [1.54, 1.807) is 42.5 Å². The number of carboxylic acids is 1. The van der Waals surface area contributed by atoms with Crippen LogP contribution in [0, 0.1) is 5.82 Å². The third-order valence-corrected chi connectivity index (χ3v) is 4.53. The Morgan fingerprint density at radius 1 is 1.04 bits per heavy atom. The minimum atomic E-state index is -1.15. The van der Waals surface area contributed by atoms with Crippen molar-refractivity contribution in [3.63, 3.8) is 0 Å². The van der Waals surface area contributed by atoms with Crippen LogP contribution in [0.15, 0.2) is 71.2 Å². The number of carboxylic acid groups (broad SMARTS) is 1. The van der Waals surface area contributed by atoms with Gasteiger partial charge < -0.3 is 15.2 Å². The molecule has 0 unspecified atom stereocenters. The number of anilines is 1. The lowest BCUT2D eigenvalue weighted by molar-refractivity contribution is 0.0698. The second-order valence-electron chi connectivity index (χ2n) is 5.87. The number of nitrogens with one attached hydrogen (secondary N) is 1. The van der Waals surface area contributed by atoms with Crippen molar-refractivity contribution >= 4 is 33.5 Å². The molecule has 3 aromatic rings. The van der Waals surface area contributed by atoms with E-state index in [2.05, 4.69) is 21.2 Å². The van der Waals surface area contributed by atoms with E-state index in [4.69, 9.17) is 4.74 Å². The van der Waals surface area contributed by atoms with Gasteiger partial charge in [0.2, 0.25) is 0 Å². The van der Waals surface area contributed by atoms with Crippen LogP contribution < -0.4 is 10.1 Å². The maximum atomic E-state index is 13.2. The number of para-hydroxylation sites is 1. The Morgan fingerprint density at radius 2 is 1.79 bits per heavy atom. The molecule has 0 fully saturated rings. The normalized spacial score (nSPS) is 10.4. The Bertz CT molecular complexity index is 1040. The molecule has 7 heteroatoms. The number of amides is 1. The van der Waals surface area contributed by atoms with Gasteiger partial charge in [0.25, 0.3) is 5.91 Å². The second kappa shape index (κ2) is 8.67. The number of hydrogen-bond acceptors (Lipinski definition) is 3. The van der Waals surface area contributed by atoms with Gasteiger partial charge in [-0.05, 0) is 64.0 Å². The summed E-state index contributed by atoms with van der Waals surface area (Å²) < 4.78 is 19.3. The highest BCUT2D eigenvalue weighted by Gasteiger charge is 2.16. The van der Waals surface area contributed by atoms with Gasteiger partial charge in [-0.1, -0.05) is 24.3 Å². The Hall–Kier alpha value is -3.19. The molecule has 142 valence electrons. The van der Waals surface area contributed by atoms with Crippen LogP contribution in [0.3, 0.4) is 0 Å². The van der Waals surface area contributed by atoms with E-state index >= 15 is 0 Å². The van der Waals surface area contributed by atoms with Crippen LogP contribution in [0.5, 0.6) is 5.75 Å². The highest BCUT2D eigenvalue weighted by Crippen LogP contribution is 2.27. The van der Waals surface area contributed by atoms with Crippen LogP contribution in [0.25, 0.3) is 0 Å². The van der Waals surface area contributed by atoms with Gasteiger partial charge in [0.05, 0.1) is 11.3 Å². The van der Waals surface area contributed by atoms with Crippen molar-refractivity contribution in [2.75, 3.05) is 5.32 Å². The highest BCUT2D eigenvalue weighted by atomic mass is 79.9. The van der Waals surface area contributed by atoms with Gasteiger partial charge in [0.15, 0.2) is 0 Å². The largest absolute Gasteiger partial charge is 0.489 e. The predicted molar refractivity (Wildman–Crippen MR) is 106 cm³/mol. The highest BCUT2D eigenvalue weighted by molar-refractivity contribution is 9.10. The predicted octanol–water partition coefficient (Wildman–Crippen LogP) is 5.12. The molecule has 0 saturated carbocycles. The van der Waals surface area contributed by atoms with Crippen molar-refractivity contribution in [2.45, 2.75) is 6.61 Å². The van der Waals surface area contributed by atoms with Gasteiger partial charge in [0.1, 0.15) is 18.2 Å². The average molecular weight is 444 g/mol. The fourth-order valence-corrected chi connectivity index (χ4v) is 3.00. The molecule has 0 aliphatic rings. The number of halogens is 2. The zero-order valence-corrected chi connectivity index (χ0v) is 16.1. The summed E-state index contributed by atoms with van der Waals surface area (Å²) in [6.45, 7) is 0.149. The number of carbonyl (C=O) groups excluding carboxylic acids is 1. The fourth-order valence-electron chi connectivity index (χ4n) is 2.54. The smallest absolute Gasteiger partial charge is 0.337 e. The van der Waals surface area contributed by atoms with Crippen LogP contribution in [0.4, 0.5) is 10.1 Å². The zero-order chi connectivity index (χ0) is 20.1. The van der Waals surface area contributed by atoms with Gasteiger partial charge >= 0.3 is 5.97 Å². The van der Waals surface area contributed by atoms with Crippen molar-refractivity contribution < 1.29 is 23.8 Å². The lowest BCUT2D eigenvalue weighted by Gasteiger charge is -2.12. The van der Waals surface area contributed by atoms with E-state index in [0.29, 0.717) is 21.3 Å². The summed E-state index contributed by atoms with van der Waals surface area (Å²) in [4.78, 5) is 24.0. The number of rotatable bonds is 6. The second-order valence-corrected chi connectivity index (χ2v) is 6.72. The molecule has 3 rings (SSSR count). The Kier molecular flexibility index (Phi) is 6.06. The molecule has 0 spiro atoms. The molecule has 0 bridgehead atoms. The minimum absolute atomic E-state index is 0.0266. The van der Waals surface area contributed by atoms with E-state index < -0.39 is 11.9 Å². The van der Waals surface area contributed by atoms with E-state index in [-0.39, 0.29) is 23.7 Å². The Labute approximate surface area is 168 Å². The minimum Gasteiger partial charge on any atom is -0.489 e. The molecule has 1 amide bonds. The maximum absolute atomic E-state index is 13.2. The number of ether oxygens (including phenoxy) is 1. The first-order valence-electron chi connectivity index (χ1n) is 8.24. The van der Waals surface area contributed by atoms with Crippen LogP contribution in [0.2, 0.25) is 0 Å². The van der Waals surface area contributed by atoms with Gasteiger partial charge in [0, 0.05) is 10.0 Å². The van der Waals surface area contributed by atoms with E-state index in [9.17, 15) is 19.1 Å². The van der Waals surface area contributed by atoms with E-state index in [1.807, 2.05) is 0 Å². The number of benzene rings is 3. The molecule has 0 radical (unpaired) electrons. The molecule has 5 nitrogen and oxygen atoms in total. The average Bonchev–Trinajstić information content (AvgIpc) is 2.68. The summed E-state index contributed by atoms with van der Waals surface area (Å²) in [6.07, 6.45) is 0. The van der Waals surface area contributed by atoms with Crippen molar-refractivity contribution in [3.8, 4) is 5.75 Å². The number of carbonyl (C=O) groups is 2. The third-order valence-electron chi connectivity index (χ3n) is 3.87. The summed E-state index contributed by atoms with van der Waals surface area (Å²) in [6, 6.07) is 17.1. The quantitative estimate of drug-likeness (QED) is 0.554. The summed E-state index contributed by atoms with van der Waals surface area (Å²) in [5.74, 6) is -1.55. The first-order chi connectivity index (χ1) is 13.4. The van der Waals surface area contributed by atoms with Crippen molar-refractivity contribution in [1.29, 1.82) is 0 Å².